The first-order chi connectivity index (χ1) is 19.5. The van der Waals surface area contributed by atoms with E-state index in [0.29, 0.717) is 30.8 Å². The molecule has 2 heterocycles. The number of primary amides is 1. The zero-order valence-electron chi connectivity index (χ0n) is 22.5. The molecule has 0 unspecified atom stereocenters. The quantitative estimate of drug-likeness (QED) is 0.123. The molecule has 41 heavy (non-hydrogen) atoms. The lowest BCUT2D eigenvalue weighted by Gasteiger charge is -2.15. The Kier molecular flexibility index (Phi) is 10.7. The number of amides is 3. The lowest BCUT2D eigenvalue weighted by atomic mass is 10.0. The number of aromatic nitrogens is 4. The van der Waals surface area contributed by atoms with E-state index in [2.05, 4.69) is 35.9 Å². The molecule has 3 amide bonds. The van der Waals surface area contributed by atoms with E-state index in [0.717, 1.165) is 6.42 Å². The summed E-state index contributed by atoms with van der Waals surface area (Å²) in [7, 11) is 0. The number of fused-ring (bicyclic) bond motifs is 1. The predicted octanol–water partition coefficient (Wildman–Crippen LogP) is 0.279. The Morgan fingerprint density at radius 2 is 1.80 bits per heavy atom. The number of carboxylic acid groups (broad SMARTS) is 1. The van der Waals surface area contributed by atoms with Gasteiger partial charge in [0.05, 0.1) is 18.4 Å². The first-order valence-corrected chi connectivity index (χ1v) is 13.0. The molecule has 0 saturated carbocycles. The first kappa shape index (κ1) is 30.5. The maximum atomic E-state index is 12.6. The highest BCUT2D eigenvalue weighted by atomic mass is 16.4. The molecular formula is C26H33N9O6. The fourth-order valence-corrected chi connectivity index (χ4v) is 3.80. The standard InChI is InChI=1S/C26H33N9O6/c1-14(21(27)37)4-2-3-11-29-19(36)10-9-18(25(40)41)33-23(38)15-5-7-16(8-6-15)30-12-17-13-31-22-20(32-17)24(39)35-26(28)34-22/h5-8,13-14,18,30H,2-4,9-12H2,1H3,(H2,27,37)(H,29,36)(H,33,38)(H,40,41)(H3,28,31,34,35,39)/t14-,18-/m0/s1. The molecule has 9 N–H and O–H groups in total. The number of benzene rings is 1. The number of aliphatic carboxylic acids is 1. The van der Waals surface area contributed by atoms with Gasteiger partial charge in [0.1, 0.15) is 6.04 Å². The molecule has 15 nitrogen and oxygen atoms in total. The van der Waals surface area contributed by atoms with E-state index < -0.39 is 23.5 Å². The molecule has 1 aromatic carbocycles. The molecule has 0 radical (unpaired) electrons. The topological polar surface area (TPSA) is 248 Å². The van der Waals surface area contributed by atoms with Crippen molar-refractivity contribution in [3.63, 3.8) is 0 Å². The molecule has 2 atom stereocenters. The van der Waals surface area contributed by atoms with Crippen LogP contribution in [0, 0.1) is 5.92 Å². The van der Waals surface area contributed by atoms with E-state index >= 15 is 0 Å². The average molecular weight is 568 g/mol. The molecule has 0 spiro atoms. The van der Waals surface area contributed by atoms with E-state index in [1.165, 1.54) is 18.3 Å². The van der Waals surface area contributed by atoms with Crippen LogP contribution in [0.2, 0.25) is 0 Å². The van der Waals surface area contributed by atoms with Crippen LogP contribution in [0.1, 0.15) is 55.1 Å². The molecule has 15 heteroatoms. The first-order valence-electron chi connectivity index (χ1n) is 13.0. The number of H-pyrrole nitrogens is 1. The largest absolute Gasteiger partial charge is 0.480 e. The Hall–Kier alpha value is -5.08. The normalized spacial score (nSPS) is 12.3. The summed E-state index contributed by atoms with van der Waals surface area (Å²) in [5.74, 6) is -2.82. The Labute approximate surface area is 234 Å². The number of hydrogen-bond donors (Lipinski definition) is 7. The number of carboxylic acids is 1. The SMILES string of the molecule is C[C@@H](CCCCNC(=O)CC[C@H](NC(=O)c1ccc(NCc2cnc3[nH]c(N)nc(=O)c3n2)cc1)C(=O)O)C(N)=O. The monoisotopic (exact) mass is 567 g/mol. The van der Waals surface area contributed by atoms with Gasteiger partial charge in [0.15, 0.2) is 11.2 Å². The number of nitrogen functional groups attached to an aromatic ring is 1. The van der Waals surface area contributed by atoms with Crippen LogP contribution in [0.4, 0.5) is 11.6 Å². The van der Waals surface area contributed by atoms with Gasteiger partial charge in [0.25, 0.3) is 5.91 Å². The van der Waals surface area contributed by atoms with E-state index in [-0.39, 0.29) is 59.8 Å². The van der Waals surface area contributed by atoms with Crippen molar-refractivity contribution in [1.29, 1.82) is 0 Å². The summed E-state index contributed by atoms with van der Waals surface area (Å²) in [6.45, 7) is 2.37. The van der Waals surface area contributed by atoms with Crippen LogP contribution in [0.5, 0.6) is 0 Å². The van der Waals surface area contributed by atoms with E-state index in [1.807, 2.05) is 0 Å². The number of nitrogens with two attached hydrogens (primary N) is 2. The van der Waals surface area contributed by atoms with Gasteiger partial charge in [-0.1, -0.05) is 13.3 Å². The van der Waals surface area contributed by atoms with Gasteiger partial charge in [-0.3, -0.25) is 19.2 Å². The Balaban J connectivity index is 1.45. The van der Waals surface area contributed by atoms with Gasteiger partial charge in [-0.15, -0.1) is 0 Å². The van der Waals surface area contributed by atoms with E-state index in [4.69, 9.17) is 11.5 Å². The number of carbonyl (C=O) groups excluding carboxylic acids is 3. The minimum absolute atomic E-state index is 0.0526. The third kappa shape index (κ3) is 9.26. The van der Waals surface area contributed by atoms with Crippen molar-refractivity contribution < 1.29 is 24.3 Å². The van der Waals surface area contributed by atoms with Gasteiger partial charge in [0.2, 0.25) is 17.8 Å². The van der Waals surface area contributed by atoms with E-state index in [1.54, 1.807) is 19.1 Å². The lowest BCUT2D eigenvalue weighted by molar-refractivity contribution is -0.139. The van der Waals surface area contributed by atoms with Gasteiger partial charge in [-0.05, 0) is 43.5 Å². The highest BCUT2D eigenvalue weighted by molar-refractivity contribution is 5.97. The molecule has 2 aromatic heterocycles. The maximum Gasteiger partial charge on any atom is 0.326 e. The van der Waals surface area contributed by atoms with Gasteiger partial charge in [-0.2, -0.15) is 4.98 Å². The summed E-state index contributed by atoms with van der Waals surface area (Å²) in [6.07, 6.45) is 3.33. The summed E-state index contributed by atoms with van der Waals surface area (Å²) in [6, 6.07) is 5.05. The number of carbonyl (C=O) groups is 4. The molecule has 218 valence electrons. The second-order valence-electron chi connectivity index (χ2n) is 9.47. The smallest absolute Gasteiger partial charge is 0.326 e. The number of rotatable bonds is 15. The number of nitrogens with zero attached hydrogens (tertiary/aromatic N) is 3. The van der Waals surface area contributed by atoms with Crippen molar-refractivity contribution in [1.82, 2.24) is 30.6 Å². The van der Waals surface area contributed by atoms with Crippen LogP contribution in [0.15, 0.2) is 35.3 Å². The van der Waals surface area contributed by atoms with Crippen molar-refractivity contribution >= 4 is 46.5 Å². The number of unbranched alkanes of at least 4 members (excludes halogenated alkanes) is 1. The lowest BCUT2D eigenvalue weighted by Crippen LogP contribution is -2.41. The van der Waals surface area contributed by atoms with E-state index in [9.17, 15) is 29.1 Å². The van der Waals surface area contributed by atoms with Crippen molar-refractivity contribution in [3.05, 3.63) is 52.1 Å². The van der Waals surface area contributed by atoms with Crippen LogP contribution in [-0.4, -0.2) is 61.3 Å². The summed E-state index contributed by atoms with van der Waals surface area (Å²) >= 11 is 0. The highest BCUT2D eigenvalue weighted by Crippen LogP contribution is 2.12. The summed E-state index contributed by atoms with van der Waals surface area (Å²) in [5, 5.41) is 17.8. The van der Waals surface area contributed by atoms with Gasteiger partial charge >= 0.3 is 11.5 Å². The molecule has 0 fully saturated rings. The van der Waals surface area contributed by atoms with Crippen LogP contribution < -0.4 is 33.0 Å². The molecule has 0 aliphatic heterocycles. The van der Waals surface area contributed by atoms with Crippen molar-refractivity contribution in [3.8, 4) is 0 Å². The summed E-state index contributed by atoms with van der Waals surface area (Å²) in [4.78, 5) is 74.0. The number of hydrogen-bond acceptors (Lipinski definition) is 10. The number of aromatic amines is 1. The fraction of sp³-hybridized carbons (Fsp3) is 0.385. The Morgan fingerprint density at radius 3 is 2.49 bits per heavy atom. The minimum atomic E-state index is -1.25. The zero-order chi connectivity index (χ0) is 29.9. The van der Waals surface area contributed by atoms with Crippen LogP contribution in [0.3, 0.4) is 0 Å². The van der Waals surface area contributed by atoms with Crippen molar-refractivity contribution in [2.45, 2.75) is 51.6 Å². The zero-order valence-corrected chi connectivity index (χ0v) is 22.5. The fourth-order valence-electron chi connectivity index (χ4n) is 3.80. The van der Waals surface area contributed by atoms with Crippen LogP contribution >= 0.6 is 0 Å². The van der Waals surface area contributed by atoms with Gasteiger partial charge < -0.3 is 37.5 Å². The van der Waals surface area contributed by atoms with Gasteiger partial charge in [0, 0.05) is 30.1 Å². The minimum Gasteiger partial charge on any atom is -0.480 e. The van der Waals surface area contributed by atoms with Gasteiger partial charge in [-0.25, -0.2) is 14.8 Å². The van der Waals surface area contributed by atoms with Crippen LogP contribution in [0.25, 0.3) is 11.2 Å². The second kappa shape index (κ2) is 14.3. The highest BCUT2D eigenvalue weighted by Gasteiger charge is 2.22. The van der Waals surface area contributed by atoms with Crippen molar-refractivity contribution in [2.24, 2.45) is 11.7 Å². The number of nitrogens with one attached hydrogen (secondary N) is 4. The molecular weight excluding hydrogens is 534 g/mol. The second-order valence-corrected chi connectivity index (χ2v) is 9.47. The molecule has 0 aliphatic rings. The Bertz CT molecular complexity index is 1460. The third-order valence-corrected chi connectivity index (χ3v) is 6.25. The molecule has 3 rings (SSSR count). The molecule has 0 bridgehead atoms. The summed E-state index contributed by atoms with van der Waals surface area (Å²) < 4.78 is 0. The number of anilines is 2. The van der Waals surface area contributed by atoms with Crippen LogP contribution in [-0.2, 0) is 20.9 Å². The summed E-state index contributed by atoms with van der Waals surface area (Å²) in [5.41, 5.74) is 11.8. The maximum absolute atomic E-state index is 12.6. The van der Waals surface area contributed by atoms with Crippen molar-refractivity contribution in [2.75, 3.05) is 17.6 Å². The molecule has 0 saturated heterocycles. The molecule has 3 aromatic rings. The third-order valence-electron chi connectivity index (χ3n) is 6.25. The Morgan fingerprint density at radius 1 is 1.07 bits per heavy atom. The average Bonchev–Trinajstić information content (AvgIpc) is 2.93. The predicted molar refractivity (Wildman–Crippen MR) is 149 cm³/mol. The molecule has 0 aliphatic carbocycles.